The van der Waals surface area contributed by atoms with Crippen molar-refractivity contribution in [2.75, 3.05) is 7.11 Å². The van der Waals surface area contributed by atoms with Gasteiger partial charge in [0.15, 0.2) is 0 Å². The van der Waals surface area contributed by atoms with Crippen LogP contribution in [0.3, 0.4) is 0 Å². The first-order chi connectivity index (χ1) is 11.6. The second-order valence-electron chi connectivity index (χ2n) is 4.96. The van der Waals surface area contributed by atoms with Gasteiger partial charge in [-0.3, -0.25) is 4.79 Å². The average Bonchev–Trinajstić information content (AvgIpc) is 2.55. The summed E-state index contributed by atoms with van der Waals surface area (Å²) in [6.45, 7) is 0. The fourth-order valence-corrected chi connectivity index (χ4v) is 2.82. The molecule has 25 heavy (non-hydrogen) atoms. The number of esters is 1. The van der Waals surface area contributed by atoms with Gasteiger partial charge in [-0.1, -0.05) is 12.1 Å². The van der Waals surface area contributed by atoms with E-state index in [9.17, 15) is 26.4 Å². The van der Waals surface area contributed by atoms with Gasteiger partial charge < -0.3 is 8.92 Å². The van der Waals surface area contributed by atoms with Crippen LogP contribution in [0.1, 0.15) is 11.1 Å². The molecule has 0 aliphatic heterocycles. The van der Waals surface area contributed by atoms with Crippen LogP contribution in [0.5, 0.6) is 5.75 Å². The van der Waals surface area contributed by atoms with Gasteiger partial charge in [0.25, 0.3) is 0 Å². The van der Waals surface area contributed by atoms with Gasteiger partial charge in [0.2, 0.25) is 0 Å². The van der Waals surface area contributed by atoms with Crippen molar-refractivity contribution in [1.29, 1.82) is 0 Å². The molecular formula is C16H13F3O5S. The lowest BCUT2D eigenvalue weighted by molar-refractivity contribution is -0.140. The molecule has 0 spiro atoms. The average molecular weight is 374 g/mol. The van der Waals surface area contributed by atoms with Crippen LogP contribution in [0, 0.1) is 0 Å². The SMILES string of the molecule is COC(=O)Cc1ccc(OS(=O)(=O)c2ccc(C(F)(F)F)cc2)cc1. The van der Waals surface area contributed by atoms with E-state index in [1.165, 1.54) is 31.4 Å². The Balaban J connectivity index is 2.14. The number of carbonyl (C=O) groups excluding carboxylic acids is 1. The second-order valence-corrected chi connectivity index (χ2v) is 6.50. The highest BCUT2D eigenvalue weighted by molar-refractivity contribution is 7.87. The Bertz CT molecular complexity index is 841. The molecule has 0 N–H and O–H groups in total. The summed E-state index contributed by atoms with van der Waals surface area (Å²) >= 11 is 0. The van der Waals surface area contributed by atoms with E-state index in [0.717, 1.165) is 12.1 Å². The van der Waals surface area contributed by atoms with Gasteiger partial charge in [0.1, 0.15) is 10.6 Å². The van der Waals surface area contributed by atoms with Gasteiger partial charge >= 0.3 is 22.3 Å². The van der Waals surface area contributed by atoms with Crippen molar-refractivity contribution in [2.24, 2.45) is 0 Å². The van der Waals surface area contributed by atoms with Crippen LogP contribution >= 0.6 is 0 Å². The third-order valence-electron chi connectivity index (χ3n) is 3.18. The third-order valence-corrected chi connectivity index (χ3v) is 4.44. The first-order valence-electron chi connectivity index (χ1n) is 6.89. The van der Waals surface area contributed by atoms with Crippen LogP contribution in [-0.2, 0) is 32.2 Å². The Morgan fingerprint density at radius 1 is 1.00 bits per heavy atom. The molecule has 0 fully saturated rings. The van der Waals surface area contributed by atoms with Crippen molar-refractivity contribution in [1.82, 2.24) is 0 Å². The largest absolute Gasteiger partial charge is 0.469 e. The fraction of sp³-hybridized carbons (Fsp3) is 0.188. The highest BCUT2D eigenvalue weighted by Crippen LogP contribution is 2.30. The summed E-state index contributed by atoms with van der Waals surface area (Å²) in [6.07, 6.45) is -4.54. The number of hydrogen-bond acceptors (Lipinski definition) is 5. The summed E-state index contributed by atoms with van der Waals surface area (Å²) in [4.78, 5) is 10.7. The molecule has 2 aromatic rings. The summed E-state index contributed by atoms with van der Waals surface area (Å²) in [7, 11) is -3.03. The predicted molar refractivity (Wildman–Crippen MR) is 81.4 cm³/mol. The molecule has 2 aromatic carbocycles. The van der Waals surface area contributed by atoms with E-state index < -0.39 is 32.7 Å². The number of methoxy groups -OCH3 is 1. The molecule has 0 radical (unpaired) electrons. The predicted octanol–water partition coefficient (Wildman–Crippen LogP) is 3.19. The minimum atomic E-state index is -4.56. The molecule has 5 nitrogen and oxygen atoms in total. The summed E-state index contributed by atoms with van der Waals surface area (Å²) in [5.41, 5.74) is -0.371. The van der Waals surface area contributed by atoms with Crippen molar-refractivity contribution in [3.8, 4) is 5.75 Å². The maximum Gasteiger partial charge on any atom is 0.416 e. The highest BCUT2D eigenvalue weighted by Gasteiger charge is 2.30. The lowest BCUT2D eigenvalue weighted by atomic mass is 10.1. The zero-order valence-corrected chi connectivity index (χ0v) is 13.7. The molecule has 134 valence electrons. The Kier molecular flexibility index (Phi) is 5.36. The van der Waals surface area contributed by atoms with Gasteiger partial charge in [0.05, 0.1) is 19.1 Å². The number of rotatable bonds is 5. The molecule has 0 aliphatic rings. The normalized spacial score (nSPS) is 11.8. The molecular weight excluding hydrogens is 361 g/mol. The molecule has 0 saturated heterocycles. The minimum Gasteiger partial charge on any atom is -0.469 e. The van der Waals surface area contributed by atoms with E-state index >= 15 is 0 Å². The molecule has 0 aromatic heterocycles. The van der Waals surface area contributed by atoms with Crippen LogP contribution < -0.4 is 4.18 Å². The Labute approximate surface area is 142 Å². The summed E-state index contributed by atoms with van der Waals surface area (Å²) < 4.78 is 71.1. The van der Waals surface area contributed by atoms with Gasteiger partial charge in [-0.05, 0) is 42.0 Å². The number of hydrogen-bond donors (Lipinski definition) is 0. The molecule has 0 bridgehead atoms. The fourth-order valence-electron chi connectivity index (χ4n) is 1.89. The van der Waals surface area contributed by atoms with E-state index in [1.807, 2.05) is 0 Å². The monoisotopic (exact) mass is 374 g/mol. The zero-order valence-electron chi connectivity index (χ0n) is 12.9. The van der Waals surface area contributed by atoms with Crippen molar-refractivity contribution >= 4 is 16.1 Å². The lowest BCUT2D eigenvalue weighted by Gasteiger charge is -2.10. The van der Waals surface area contributed by atoms with Crippen LogP contribution in [0.4, 0.5) is 13.2 Å². The number of alkyl halides is 3. The lowest BCUT2D eigenvalue weighted by Crippen LogP contribution is -2.11. The van der Waals surface area contributed by atoms with Gasteiger partial charge in [0, 0.05) is 0 Å². The minimum absolute atomic E-state index is 0.0163. The van der Waals surface area contributed by atoms with E-state index in [4.69, 9.17) is 4.18 Å². The summed E-state index contributed by atoms with van der Waals surface area (Å²) in [5.74, 6) is -0.487. The number of carbonyl (C=O) groups is 1. The number of halogens is 3. The Morgan fingerprint density at radius 3 is 2.04 bits per heavy atom. The molecule has 0 unspecified atom stereocenters. The molecule has 0 saturated carbocycles. The van der Waals surface area contributed by atoms with Gasteiger partial charge in [-0.25, -0.2) is 0 Å². The number of ether oxygens (including phenoxy) is 1. The standard InChI is InChI=1S/C16H13F3O5S/c1-23-15(20)10-11-2-6-13(7-3-11)24-25(21,22)14-8-4-12(5-9-14)16(17,18)19/h2-9H,10H2,1H3. The van der Waals surface area contributed by atoms with Gasteiger partial charge in [-0.15, -0.1) is 0 Å². The van der Waals surface area contributed by atoms with Gasteiger partial charge in [-0.2, -0.15) is 21.6 Å². The van der Waals surface area contributed by atoms with Crippen molar-refractivity contribution in [3.63, 3.8) is 0 Å². The van der Waals surface area contributed by atoms with E-state index in [1.54, 1.807) is 0 Å². The van der Waals surface area contributed by atoms with E-state index in [2.05, 4.69) is 4.74 Å². The van der Waals surface area contributed by atoms with Crippen LogP contribution in [0.2, 0.25) is 0 Å². The zero-order chi connectivity index (χ0) is 18.7. The Morgan fingerprint density at radius 2 is 1.56 bits per heavy atom. The molecule has 0 amide bonds. The quantitative estimate of drug-likeness (QED) is 0.594. The summed E-state index contributed by atoms with van der Waals surface area (Å²) in [5, 5.41) is 0. The number of benzene rings is 2. The topological polar surface area (TPSA) is 69.7 Å². The molecule has 9 heteroatoms. The first kappa shape index (κ1) is 18.8. The molecule has 0 aliphatic carbocycles. The van der Waals surface area contributed by atoms with Crippen LogP contribution in [-0.4, -0.2) is 21.5 Å². The van der Waals surface area contributed by atoms with E-state index in [-0.39, 0.29) is 12.2 Å². The van der Waals surface area contributed by atoms with Crippen molar-refractivity contribution < 1.29 is 35.3 Å². The summed E-state index contributed by atoms with van der Waals surface area (Å²) in [6, 6.07) is 8.60. The first-order valence-corrected chi connectivity index (χ1v) is 8.30. The van der Waals surface area contributed by atoms with Crippen molar-refractivity contribution in [3.05, 3.63) is 59.7 Å². The maximum absolute atomic E-state index is 12.5. The van der Waals surface area contributed by atoms with E-state index in [0.29, 0.717) is 17.7 Å². The second kappa shape index (κ2) is 7.14. The highest BCUT2D eigenvalue weighted by atomic mass is 32.2. The molecule has 2 rings (SSSR count). The van der Waals surface area contributed by atoms with Crippen molar-refractivity contribution in [2.45, 2.75) is 17.5 Å². The smallest absolute Gasteiger partial charge is 0.416 e. The van der Waals surface area contributed by atoms with Crippen LogP contribution in [0.25, 0.3) is 0 Å². The van der Waals surface area contributed by atoms with Crippen LogP contribution in [0.15, 0.2) is 53.4 Å². The molecule has 0 atom stereocenters. The Hall–Kier alpha value is -2.55. The maximum atomic E-state index is 12.5. The molecule has 0 heterocycles. The third kappa shape index (κ3) is 4.96.